The molecule has 2 aromatic rings. The zero-order valence-corrected chi connectivity index (χ0v) is 11.9. The fourth-order valence-corrected chi connectivity index (χ4v) is 1.96. The van der Waals surface area contributed by atoms with Crippen LogP contribution in [0.25, 0.3) is 11.1 Å². The number of alkyl halides is 3. The van der Waals surface area contributed by atoms with Gasteiger partial charge in [-0.1, -0.05) is 0 Å². The van der Waals surface area contributed by atoms with Gasteiger partial charge in [-0.15, -0.1) is 0 Å². The van der Waals surface area contributed by atoms with Gasteiger partial charge in [0.05, 0.1) is 10.5 Å². The third-order valence-corrected chi connectivity index (χ3v) is 3.05. The molecule has 2 aromatic carbocycles. The molecule has 0 aliphatic carbocycles. The predicted molar refractivity (Wildman–Crippen MR) is 76.7 cm³/mol. The molecular formula is C15H10F3NO5. The van der Waals surface area contributed by atoms with Gasteiger partial charge >= 0.3 is 12.1 Å². The Kier molecular flexibility index (Phi) is 4.72. The lowest BCUT2D eigenvalue weighted by atomic mass is 10.0. The van der Waals surface area contributed by atoms with Crippen molar-refractivity contribution < 1.29 is 32.7 Å². The molecule has 6 nitrogen and oxygen atoms in total. The number of carboxylic acid groups (broad SMARTS) is 1. The minimum atomic E-state index is -4.60. The maximum atomic E-state index is 12.9. The molecule has 9 heteroatoms. The summed E-state index contributed by atoms with van der Waals surface area (Å²) in [5.41, 5.74) is -0.953. The van der Waals surface area contributed by atoms with E-state index in [1.807, 2.05) is 0 Å². The number of ether oxygens (including phenoxy) is 1. The quantitative estimate of drug-likeness (QED) is 0.661. The first-order chi connectivity index (χ1) is 11.2. The molecule has 126 valence electrons. The summed E-state index contributed by atoms with van der Waals surface area (Å²) in [6, 6.07) is 7.39. The highest BCUT2D eigenvalue weighted by Gasteiger charge is 2.31. The minimum absolute atomic E-state index is 0.0130. The van der Waals surface area contributed by atoms with E-state index < -0.39 is 29.2 Å². The van der Waals surface area contributed by atoms with Crippen LogP contribution >= 0.6 is 0 Å². The Labute approximate surface area is 133 Å². The number of nitro benzene ring substituents is 1. The lowest BCUT2D eigenvalue weighted by Crippen LogP contribution is -2.11. The summed E-state index contributed by atoms with van der Waals surface area (Å²) in [4.78, 5) is 20.6. The molecule has 1 N–H and O–H groups in total. The smallest absolute Gasteiger partial charge is 0.416 e. The fraction of sp³-hybridized carbons (Fsp3) is 0.133. The van der Waals surface area contributed by atoms with Crippen molar-refractivity contribution >= 4 is 11.7 Å². The van der Waals surface area contributed by atoms with Crippen LogP contribution in [0, 0.1) is 10.1 Å². The normalized spacial score (nSPS) is 11.1. The van der Waals surface area contributed by atoms with Crippen LogP contribution in [-0.2, 0) is 11.0 Å². The Balaban J connectivity index is 2.50. The van der Waals surface area contributed by atoms with Crippen molar-refractivity contribution in [3.63, 3.8) is 0 Å². The van der Waals surface area contributed by atoms with Crippen LogP contribution in [0.15, 0.2) is 42.5 Å². The van der Waals surface area contributed by atoms with Crippen LogP contribution in [-0.4, -0.2) is 22.6 Å². The second-order valence-electron chi connectivity index (χ2n) is 4.70. The van der Waals surface area contributed by atoms with Crippen molar-refractivity contribution in [2.45, 2.75) is 6.18 Å². The number of non-ortho nitro benzene ring substituents is 1. The molecule has 0 saturated heterocycles. The van der Waals surface area contributed by atoms with Gasteiger partial charge in [0.25, 0.3) is 5.69 Å². The number of hydrogen-bond acceptors (Lipinski definition) is 4. The summed E-state index contributed by atoms with van der Waals surface area (Å²) in [7, 11) is 0. The maximum Gasteiger partial charge on any atom is 0.416 e. The van der Waals surface area contributed by atoms with Gasteiger partial charge in [-0.25, -0.2) is 4.79 Å². The molecular weight excluding hydrogens is 331 g/mol. The molecule has 0 bridgehead atoms. The van der Waals surface area contributed by atoms with Crippen LogP contribution in [0.1, 0.15) is 5.56 Å². The summed E-state index contributed by atoms with van der Waals surface area (Å²) in [5, 5.41) is 19.3. The van der Waals surface area contributed by atoms with Crippen molar-refractivity contribution in [2.24, 2.45) is 0 Å². The Hall–Kier alpha value is -3.10. The zero-order valence-electron chi connectivity index (χ0n) is 11.9. The number of halogens is 3. The SMILES string of the molecule is O=C(O)COc1ccc(C(F)(F)F)cc1-c1ccc([N+](=O)[O-])cc1. The zero-order chi connectivity index (χ0) is 17.9. The molecule has 0 heterocycles. The number of benzene rings is 2. The highest BCUT2D eigenvalue weighted by molar-refractivity contribution is 5.74. The van der Waals surface area contributed by atoms with Crippen LogP contribution in [0.4, 0.5) is 18.9 Å². The Bertz CT molecular complexity index is 772. The minimum Gasteiger partial charge on any atom is -0.481 e. The van der Waals surface area contributed by atoms with Crippen molar-refractivity contribution in [2.75, 3.05) is 6.61 Å². The molecule has 0 spiro atoms. The molecule has 0 aliphatic rings. The van der Waals surface area contributed by atoms with E-state index in [4.69, 9.17) is 9.84 Å². The average Bonchev–Trinajstić information content (AvgIpc) is 2.52. The van der Waals surface area contributed by atoms with Gasteiger partial charge < -0.3 is 9.84 Å². The summed E-state index contributed by atoms with van der Waals surface area (Å²) < 4.78 is 43.6. The van der Waals surface area contributed by atoms with Crippen LogP contribution in [0.2, 0.25) is 0 Å². The largest absolute Gasteiger partial charge is 0.481 e. The molecule has 0 saturated carbocycles. The molecule has 24 heavy (non-hydrogen) atoms. The van der Waals surface area contributed by atoms with Crippen molar-refractivity contribution in [1.82, 2.24) is 0 Å². The van der Waals surface area contributed by atoms with E-state index in [1.165, 1.54) is 12.1 Å². The summed E-state index contributed by atoms with van der Waals surface area (Å²) >= 11 is 0. The summed E-state index contributed by atoms with van der Waals surface area (Å²) in [5.74, 6) is -1.36. The Morgan fingerprint density at radius 3 is 2.29 bits per heavy atom. The molecule has 2 rings (SSSR count). The van der Waals surface area contributed by atoms with Crippen LogP contribution in [0.5, 0.6) is 5.75 Å². The van der Waals surface area contributed by atoms with E-state index in [-0.39, 0.29) is 22.6 Å². The van der Waals surface area contributed by atoms with E-state index >= 15 is 0 Å². The number of nitro groups is 1. The number of carboxylic acids is 1. The molecule has 0 fully saturated rings. The van der Waals surface area contributed by atoms with Gasteiger partial charge in [0, 0.05) is 17.7 Å². The van der Waals surface area contributed by atoms with Crippen LogP contribution < -0.4 is 4.74 Å². The van der Waals surface area contributed by atoms with Gasteiger partial charge in [-0.2, -0.15) is 13.2 Å². The van der Waals surface area contributed by atoms with Gasteiger partial charge in [0.15, 0.2) is 6.61 Å². The standard InChI is InChI=1S/C15H10F3NO5/c16-15(17,18)10-3-6-13(24-8-14(20)21)12(7-10)9-1-4-11(5-2-9)19(22)23/h1-7H,8H2,(H,20,21). The Morgan fingerprint density at radius 1 is 1.17 bits per heavy atom. The first kappa shape index (κ1) is 17.3. The highest BCUT2D eigenvalue weighted by Crippen LogP contribution is 2.37. The van der Waals surface area contributed by atoms with E-state index in [9.17, 15) is 28.1 Å². The molecule has 0 unspecified atom stereocenters. The van der Waals surface area contributed by atoms with Gasteiger partial charge in [-0.3, -0.25) is 10.1 Å². The van der Waals surface area contributed by atoms with Crippen molar-refractivity contribution in [1.29, 1.82) is 0 Å². The lowest BCUT2D eigenvalue weighted by molar-refractivity contribution is -0.384. The number of carbonyl (C=O) groups is 1. The fourth-order valence-electron chi connectivity index (χ4n) is 1.96. The molecule has 0 aliphatic heterocycles. The second-order valence-corrected chi connectivity index (χ2v) is 4.70. The molecule has 0 radical (unpaired) electrons. The van der Waals surface area contributed by atoms with E-state index in [1.54, 1.807) is 0 Å². The van der Waals surface area contributed by atoms with Gasteiger partial charge in [0.2, 0.25) is 0 Å². The average molecular weight is 341 g/mol. The third-order valence-electron chi connectivity index (χ3n) is 3.05. The maximum absolute atomic E-state index is 12.9. The molecule has 0 amide bonds. The Morgan fingerprint density at radius 2 is 1.79 bits per heavy atom. The van der Waals surface area contributed by atoms with Crippen molar-refractivity contribution in [3.8, 4) is 16.9 Å². The van der Waals surface area contributed by atoms with Crippen molar-refractivity contribution in [3.05, 3.63) is 58.1 Å². The molecule has 0 atom stereocenters. The van der Waals surface area contributed by atoms with E-state index in [2.05, 4.69) is 0 Å². The lowest BCUT2D eigenvalue weighted by Gasteiger charge is -2.14. The first-order valence-electron chi connectivity index (χ1n) is 6.49. The first-order valence-corrected chi connectivity index (χ1v) is 6.49. The number of hydrogen-bond donors (Lipinski definition) is 1. The highest BCUT2D eigenvalue weighted by atomic mass is 19.4. The summed E-state index contributed by atoms with van der Waals surface area (Å²) in [6.45, 7) is -0.731. The predicted octanol–water partition coefficient (Wildman–Crippen LogP) is 3.74. The van der Waals surface area contributed by atoms with E-state index in [0.717, 1.165) is 30.3 Å². The van der Waals surface area contributed by atoms with Gasteiger partial charge in [0.1, 0.15) is 5.75 Å². The molecule has 0 aromatic heterocycles. The number of aliphatic carboxylic acids is 1. The second kappa shape index (κ2) is 6.57. The van der Waals surface area contributed by atoms with Crippen LogP contribution in [0.3, 0.4) is 0 Å². The third kappa shape index (κ3) is 4.00. The summed E-state index contributed by atoms with van der Waals surface area (Å²) in [6.07, 6.45) is -4.60. The monoisotopic (exact) mass is 341 g/mol. The number of nitrogens with zero attached hydrogens (tertiary/aromatic N) is 1. The van der Waals surface area contributed by atoms with E-state index in [0.29, 0.717) is 0 Å². The topological polar surface area (TPSA) is 89.7 Å². The number of rotatable bonds is 5. The van der Waals surface area contributed by atoms with Gasteiger partial charge in [-0.05, 0) is 35.9 Å².